The molecule has 0 N–H and O–H groups in total. The molecule has 1 aromatic carbocycles. The Bertz CT molecular complexity index is 1030. The molecule has 0 unspecified atom stereocenters. The van der Waals surface area contributed by atoms with E-state index >= 15 is 0 Å². The zero-order valence-corrected chi connectivity index (χ0v) is 16.7. The Labute approximate surface area is 166 Å². The molecule has 0 saturated carbocycles. The monoisotopic (exact) mass is 422 g/mol. The van der Waals surface area contributed by atoms with Crippen molar-refractivity contribution in [2.24, 2.45) is 0 Å². The summed E-state index contributed by atoms with van der Waals surface area (Å²) in [5, 5.41) is 0. The molecule has 29 heavy (non-hydrogen) atoms. The number of allylic oxidation sites excluding steroid dienone is 2. The van der Waals surface area contributed by atoms with E-state index in [0.29, 0.717) is 11.8 Å². The van der Waals surface area contributed by atoms with E-state index in [9.17, 15) is 27.6 Å². The van der Waals surface area contributed by atoms with E-state index in [0.717, 1.165) is 12.1 Å². The smallest absolute Gasteiger partial charge is 0.343 e. The largest absolute Gasteiger partial charge is 0.497 e. The molecule has 0 atom stereocenters. The lowest BCUT2D eigenvalue weighted by atomic mass is 9.96. The Balaban J connectivity index is 2.71. The molecule has 0 aliphatic heterocycles. The second-order valence-electron chi connectivity index (χ2n) is 5.58. The van der Waals surface area contributed by atoms with Crippen LogP contribution in [-0.4, -0.2) is 52.2 Å². The van der Waals surface area contributed by atoms with Crippen LogP contribution >= 0.6 is 0 Å². The summed E-state index contributed by atoms with van der Waals surface area (Å²) in [5.74, 6) is -4.56. The van der Waals surface area contributed by atoms with Crippen LogP contribution in [-0.2, 0) is 38.5 Å². The summed E-state index contributed by atoms with van der Waals surface area (Å²) in [6, 6.07) is 4.94. The van der Waals surface area contributed by atoms with Gasteiger partial charge in [0.15, 0.2) is 5.78 Å². The molecule has 1 aromatic rings. The predicted octanol–water partition coefficient (Wildman–Crippen LogP) is 0.927. The van der Waals surface area contributed by atoms with Crippen LogP contribution in [0.3, 0.4) is 0 Å². The molecule has 10 heteroatoms. The van der Waals surface area contributed by atoms with Crippen molar-refractivity contribution in [1.82, 2.24) is 0 Å². The quantitative estimate of drug-likeness (QED) is 0.358. The van der Waals surface area contributed by atoms with E-state index in [1.54, 1.807) is 0 Å². The first kappa shape index (κ1) is 22.0. The number of hydrogen-bond donors (Lipinski definition) is 0. The lowest BCUT2D eigenvalue weighted by Crippen LogP contribution is -2.32. The van der Waals surface area contributed by atoms with Crippen molar-refractivity contribution in [3.05, 3.63) is 46.4 Å². The molecule has 1 aliphatic rings. The molecule has 0 bridgehead atoms. The molecule has 0 amide bonds. The number of Topliss-reactive ketones (excluding diaryl/α,β-unsaturated/α-hetero) is 1. The van der Waals surface area contributed by atoms with E-state index in [4.69, 9.17) is 14.2 Å². The zero-order valence-electron chi connectivity index (χ0n) is 15.9. The molecule has 2 rings (SSSR count). The van der Waals surface area contributed by atoms with Crippen LogP contribution in [0.5, 0.6) is 5.75 Å². The number of methoxy groups -OCH3 is 1. The summed E-state index contributed by atoms with van der Waals surface area (Å²) < 4.78 is 40.7. The van der Waals surface area contributed by atoms with E-state index in [2.05, 4.69) is 0 Å². The fourth-order valence-corrected chi connectivity index (χ4v) is 4.04. The minimum atomic E-state index is -4.66. The normalized spacial score (nSPS) is 14.4. The molecule has 9 nitrogen and oxygen atoms in total. The van der Waals surface area contributed by atoms with Gasteiger partial charge < -0.3 is 14.2 Å². The van der Waals surface area contributed by atoms with E-state index in [-0.39, 0.29) is 18.1 Å². The van der Waals surface area contributed by atoms with Gasteiger partial charge in [-0.3, -0.25) is 9.59 Å². The highest BCUT2D eigenvalue weighted by Crippen LogP contribution is 2.31. The predicted molar refractivity (Wildman–Crippen MR) is 98.6 cm³/mol. The van der Waals surface area contributed by atoms with Gasteiger partial charge in [0, 0.05) is 6.08 Å². The second kappa shape index (κ2) is 8.82. The van der Waals surface area contributed by atoms with Gasteiger partial charge in [0.25, 0.3) is 0 Å². The third kappa shape index (κ3) is 4.27. The molecular formula is C19H18O9S. The van der Waals surface area contributed by atoms with Gasteiger partial charge in [-0.05, 0) is 38.1 Å². The first-order chi connectivity index (χ1) is 13.7. The number of carbonyl (C=O) groups excluding carboxylic acids is 4. The summed E-state index contributed by atoms with van der Waals surface area (Å²) >= 11 is 0. The van der Waals surface area contributed by atoms with E-state index < -0.39 is 49.4 Å². The third-order valence-electron chi connectivity index (χ3n) is 3.81. The number of benzene rings is 1. The first-order valence-electron chi connectivity index (χ1n) is 8.47. The SMILES string of the molecule is CCOC(=O)C1=CC(=O)C(C(=O)OCC)=C(S(=O)(=O)c2ccc(OC)cc2)C1=O. The van der Waals surface area contributed by atoms with Crippen LogP contribution in [0, 0.1) is 0 Å². The molecule has 0 fully saturated rings. The molecule has 0 radical (unpaired) electrons. The zero-order chi connectivity index (χ0) is 21.8. The summed E-state index contributed by atoms with van der Waals surface area (Å²) in [4.78, 5) is 48.1. The number of sulfone groups is 1. The molecule has 0 spiro atoms. The lowest BCUT2D eigenvalue weighted by Gasteiger charge is -2.18. The van der Waals surface area contributed by atoms with Gasteiger partial charge in [0.05, 0.1) is 25.2 Å². The summed E-state index contributed by atoms with van der Waals surface area (Å²) in [6.07, 6.45) is 0.583. The van der Waals surface area contributed by atoms with Gasteiger partial charge in [0.1, 0.15) is 21.8 Å². The minimum absolute atomic E-state index is 0.105. The Kier molecular flexibility index (Phi) is 6.70. The number of esters is 2. The van der Waals surface area contributed by atoms with Crippen molar-refractivity contribution >= 4 is 33.3 Å². The van der Waals surface area contributed by atoms with Gasteiger partial charge >= 0.3 is 11.9 Å². The van der Waals surface area contributed by atoms with Crippen molar-refractivity contribution in [3.8, 4) is 5.75 Å². The van der Waals surface area contributed by atoms with Gasteiger partial charge in [-0.1, -0.05) is 0 Å². The van der Waals surface area contributed by atoms with E-state index in [1.165, 1.54) is 33.1 Å². The van der Waals surface area contributed by atoms with Crippen LogP contribution in [0.2, 0.25) is 0 Å². The fourth-order valence-electron chi connectivity index (χ4n) is 2.50. The first-order valence-corrected chi connectivity index (χ1v) is 9.95. The standard InChI is InChI=1S/C19H18O9S/c1-4-27-18(22)13-10-14(20)15(19(23)28-5-2)17(16(13)21)29(24,25)12-8-6-11(26-3)7-9-12/h6-10H,4-5H2,1-3H3. The van der Waals surface area contributed by atoms with Crippen LogP contribution in [0.25, 0.3) is 0 Å². The highest BCUT2D eigenvalue weighted by Gasteiger charge is 2.43. The highest BCUT2D eigenvalue weighted by atomic mass is 32.2. The van der Waals surface area contributed by atoms with Crippen molar-refractivity contribution in [2.45, 2.75) is 18.7 Å². The van der Waals surface area contributed by atoms with Gasteiger partial charge in [-0.2, -0.15) is 0 Å². The van der Waals surface area contributed by atoms with Gasteiger partial charge in [-0.25, -0.2) is 18.0 Å². The molecule has 0 saturated heterocycles. The number of rotatable bonds is 7. The van der Waals surface area contributed by atoms with Crippen molar-refractivity contribution in [3.63, 3.8) is 0 Å². The topological polar surface area (TPSA) is 130 Å². The summed E-state index contributed by atoms with van der Waals surface area (Å²) in [5.41, 5.74) is -1.74. The average molecular weight is 422 g/mol. The van der Waals surface area contributed by atoms with Crippen LogP contribution < -0.4 is 4.74 Å². The molecular weight excluding hydrogens is 404 g/mol. The molecule has 1 aliphatic carbocycles. The fraction of sp³-hybridized carbons (Fsp3) is 0.263. The average Bonchev–Trinajstić information content (AvgIpc) is 2.69. The Hall–Kier alpha value is -3.27. The maximum atomic E-state index is 13.1. The van der Waals surface area contributed by atoms with Gasteiger partial charge in [0.2, 0.25) is 15.6 Å². The molecule has 0 heterocycles. The van der Waals surface area contributed by atoms with Crippen molar-refractivity contribution in [2.75, 3.05) is 20.3 Å². The molecule has 0 aromatic heterocycles. The van der Waals surface area contributed by atoms with Crippen molar-refractivity contribution < 1.29 is 41.8 Å². The molecule has 154 valence electrons. The van der Waals surface area contributed by atoms with Crippen LogP contribution in [0.4, 0.5) is 0 Å². The lowest BCUT2D eigenvalue weighted by molar-refractivity contribution is -0.142. The number of carbonyl (C=O) groups is 4. The summed E-state index contributed by atoms with van der Waals surface area (Å²) in [6.45, 7) is 2.66. The van der Waals surface area contributed by atoms with Crippen LogP contribution in [0.15, 0.2) is 51.3 Å². The number of hydrogen-bond acceptors (Lipinski definition) is 9. The summed E-state index contributed by atoms with van der Waals surface area (Å²) in [7, 11) is -3.28. The number of ether oxygens (including phenoxy) is 3. The van der Waals surface area contributed by atoms with Crippen LogP contribution in [0.1, 0.15) is 13.8 Å². The number of ketones is 2. The van der Waals surface area contributed by atoms with Gasteiger partial charge in [-0.15, -0.1) is 0 Å². The Morgan fingerprint density at radius 2 is 1.48 bits per heavy atom. The highest BCUT2D eigenvalue weighted by molar-refractivity contribution is 7.96. The second-order valence-corrected chi connectivity index (χ2v) is 7.46. The Morgan fingerprint density at radius 3 is 2.00 bits per heavy atom. The third-order valence-corrected chi connectivity index (χ3v) is 5.63. The van der Waals surface area contributed by atoms with Crippen molar-refractivity contribution in [1.29, 1.82) is 0 Å². The van der Waals surface area contributed by atoms with E-state index in [1.807, 2.05) is 0 Å². The maximum Gasteiger partial charge on any atom is 0.343 e. The Morgan fingerprint density at radius 1 is 0.931 bits per heavy atom. The maximum absolute atomic E-state index is 13.1. The minimum Gasteiger partial charge on any atom is -0.497 e.